The topological polar surface area (TPSA) is 111 Å². The van der Waals surface area contributed by atoms with E-state index >= 15 is 0 Å². The molecule has 0 bridgehead atoms. The molecule has 0 aliphatic rings. The largest absolute Gasteiger partial charge is 0.497 e. The van der Waals surface area contributed by atoms with Crippen molar-refractivity contribution in [3.63, 3.8) is 0 Å². The van der Waals surface area contributed by atoms with Crippen molar-refractivity contribution in [2.45, 2.75) is 0 Å². The molecule has 0 unspecified atom stereocenters. The van der Waals surface area contributed by atoms with Crippen LogP contribution in [0.2, 0.25) is 0 Å². The van der Waals surface area contributed by atoms with Crippen molar-refractivity contribution in [1.82, 2.24) is 19.9 Å². The van der Waals surface area contributed by atoms with E-state index in [2.05, 4.69) is 15.2 Å². The normalized spacial score (nSPS) is 10.9. The first kappa shape index (κ1) is 22.9. The molecule has 0 aliphatic carbocycles. The Hall–Kier alpha value is -4.86. The zero-order valence-electron chi connectivity index (χ0n) is 20.0. The quantitative estimate of drug-likeness (QED) is 0.335. The van der Waals surface area contributed by atoms with Crippen LogP contribution in [0.25, 0.3) is 39.4 Å². The minimum Gasteiger partial charge on any atom is -0.497 e. The third-order valence-corrected chi connectivity index (χ3v) is 5.65. The van der Waals surface area contributed by atoms with E-state index in [0.29, 0.717) is 50.7 Å². The van der Waals surface area contributed by atoms with Crippen LogP contribution in [0.5, 0.6) is 23.0 Å². The molecule has 0 saturated heterocycles. The van der Waals surface area contributed by atoms with Crippen molar-refractivity contribution in [2.75, 3.05) is 28.4 Å². The Balaban J connectivity index is 1.68. The van der Waals surface area contributed by atoms with Gasteiger partial charge < -0.3 is 23.5 Å². The number of ether oxygens (including phenoxy) is 4. The summed E-state index contributed by atoms with van der Waals surface area (Å²) in [7, 11) is 6.14. The molecule has 0 radical (unpaired) electrons. The number of hydrogen-bond acceptors (Lipinski definition) is 9. The highest BCUT2D eigenvalue weighted by Gasteiger charge is 2.21. The highest BCUT2D eigenvalue weighted by atomic mass is 16.5. The molecule has 5 aromatic rings. The SMILES string of the molecule is COc1cccc(-n2nc(-c3nc(-c4cc(OC)c(OC)c(OC)c4)no3)c3ccccc3c2=O)c1. The molecule has 0 N–H and O–H groups in total. The second-order valence-electron chi connectivity index (χ2n) is 7.65. The van der Waals surface area contributed by atoms with Crippen molar-refractivity contribution in [3.05, 3.63) is 71.0 Å². The average molecular weight is 486 g/mol. The maximum absolute atomic E-state index is 13.3. The molecule has 2 aromatic heterocycles. The third kappa shape index (κ3) is 3.88. The van der Waals surface area contributed by atoms with Gasteiger partial charge in [0.05, 0.1) is 39.5 Å². The van der Waals surface area contributed by atoms with E-state index in [4.69, 9.17) is 23.5 Å². The van der Waals surface area contributed by atoms with Gasteiger partial charge in [-0.15, -0.1) is 0 Å². The van der Waals surface area contributed by atoms with E-state index in [1.54, 1.807) is 61.7 Å². The van der Waals surface area contributed by atoms with Gasteiger partial charge >= 0.3 is 0 Å². The van der Waals surface area contributed by atoms with Crippen LogP contribution < -0.4 is 24.5 Å². The lowest BCUT2D eigenvalue weighted by Crippen LogP contribution is -2.22. The molecule has 36 heavy (non-hydrogen) atoms. The molecular formula is C26H22N4O6. The molecule has 2 heterocycles. The van der Waals surface area contributed by atoms with Crippen molar-refractivity contribution < 1.29 is 23.5 Å². The van der Waals surface area contributed by atoms with Crippen LogP contribution >= 0.6 is 0 Å². The summed E-state index contributed by atoms with van der Waals surface area (Å²) in [6.07, 6.45) is 0. The number of methoxy groups -OCH3 is 4. The van der Waals surface area contributed by atoms with Crippen LogP contribution in [0.1, 0.15) is 0 Å². The van der Waals surface area contributed by atoms with Gasteiger partial charge in [-0.25, -0.2) is 0 Å². The van der Waals surface area contributed by atoms with Crippen molar-refractivity contribution in [1.29, 1.82) is 0 Å². The summed E-state index contributed by atoms with van der Waals surface area (Å²) in [5.41, 5.74) is 1.20. The highest BCUT2D eigenvalue weighted by Crippen LogP contribution is 2.41. The zero-order valence-corrected chi connectivity index (χ0v) is 20.0. The Bertz CT molecular complexity index is 1600. The minimum absolute atomic E-state index is 0.145. The number of rotatable bonds is 7. The van der Waals surface area contributed by atoms with Crippen LogP contribution in [0.15, 0.2) is 70.0 Å². The molecule has 0 atom stereocenters. The van der Waals surface area contributed by atoms with Gasteiger partial charge in [-0.1, -0.05) is 29.4 Å². The maximum Gasteiger partial charge on any atom is 0.279 e. The summed E-state index contributed by atoms with van der Waals surface area (Å²) >= 11 is 0. The summed E-state index contributed by atoms with van der Waals surface area (Å²) in [6, 6.07) is 17.6. The summed E-state index contributed by atoms with van der Waals surface area (Å²) in [5, 5.41) is 9.79. The fourth-order valence-electron chi connectivity index (χ4n) is 3.91. The van der Waals surface area contributed by atoms with Gasteiger partial charge in [0.1, 0.15) is 5.75 Å². The van der Waals surface area contributed by atoms with Crippen LogP contribution in [0.4, 0.5) is 0 Å². The van der Waals surface area contributed by atoms with Crippen molar-refractivity contribution in [2.24, 2.45) is 0 Å². The van der Waals surface area contributed by atoms with Crippen LogP contribution in [-0.2, 0) is 0 Å². The lowest BCUT2D eigenvalue weighted by atomic mass is 10.1. The van der Waals surface area contributed by atoms with Gasteiger partial charge in [0.25, 0.3) is 11.4 Å². The number of aromatic nitrogens is 4. The predicted octanol–water partition coefficient (Wildman–Crippen LogP) is 4.14. The lowest BCUT2D eigenvalue weighted by Gasteiger charge is -2.12. The Morgan fingerprint density at radius 2 is 1.53 bits per heavy atom. The van der Waals surface area contributed by atoms with Crippen LogP contribution in [-0.4, -0.2) is 48.4 Å². The molecular weight excluding hydrogens is 464 g/mol. The Morgan fingerprint density at radius 3 is 2.19 bits per heavy atom. The second kappa shape index (κ2) is 9.41. The smallest absolute Gasteiger partial charge is 0.279 e. The van der Waals surface area contributed by atoms with Crippen LogP contribution in [0.3, 0.4) is 0 Å². The number of fused-ring (bicyclic) bond motifs is 1. The van der Waals surface area contributed by atoms with E-state index in [-0.39, 0.29) is 17.3 Å². The first-order valence-electron chi connectivity index (χ1n) is 10.9. The Morgan fingerprint density at radius 1 is 0.806 bits per heavy atom. The van der Waals surface area contributed by atoms with E-state index in [0.717, 1.165) is 0 Å². The van der Waals surface area contributed by atoms with Gasteiger partial charge in [-0.2, -0.15) is 14.8 Å². The highest BCUT2D eigenvalue weighted by molar-refractivity contribution is 5.92. The maximum atomic E-state index is 13.3. The number of nitrogens with zero attached hydrogens (tertiary/aromatic N) is 4. The summed E-state index contributed by atoms with van der Waals surface area (Å²) < 4.78 is 28.5. The molecule has 0 saturated carbocycles. The monoisotopic (exact) mass is 486 g/mol. The van der Waals surface area contributed by atoms with E-state index in [9.17, 15) is 4.79 Å². The fraction of sp³-hybridized carbons (Fsp3) is 0.154. The van der Waals surface area contributed by atoms with Gasteiger partial charge in [0.15, 0.2) is 17.2 Å². The fourth-order valence-corrected chi connectivity index (χ4v) is 3.91. The molecule has 0 fully saturated rings. The molecule has 3 aromatic carbocycles. The van der Waals surface area contributed by atoms with Gasteiger partial charge in [0, 0.05) is 17.0 Å². The average Bonchev–Trinajstić information content (AvgIpc) is 3.42. The van der Waals surface area contributed by atoms with Gasteiger partial charge in [-0.3, -0.25) is 4.79 Å². The molecule has 182 valence electrons. The Labute approximate surface area is 205 Å². The Kier molecular flexibility index (Phi) is 5.99. The summed E-state index contributed by atoms with van der Waals surface area (Å²) in [6.45, 7) is 0. The molecule has 0 amide bonds. The summed E-state index contributed by atoms with van der Waals surface area (Å²) in [4.78, 5) is 17.9. The zero-order chi connectivity index (χ0) is 25.2. The molecule has 10 nitrogen and oxygen atoms in total. The lowest BCUT2D eigenvalue weighted by molar-refractivity contribution is 0.324. The molecule has 0 spiro atoms. The molecule has 0 aliphatic heterocycles. The third-order valence-electron chi connectivity index (χ3n) is 5.65. The summed E-state index contributed by atoms with van der Waals surface area (Å²) in [5.74, 6) is 2.38. The minimum atomic E-state index is -0.285. The number of benzene rings is 3. The van der Waals surface area contributed by atoms with E-state index in [1.807, 2.05) is 6.07 Å². The number of hydrogen-bond donors (Lipinski definition) is 0. The van der Waals surface area contributed by atoms with E-state index in [1.165, 1.54) is 26.0 Å². The van der Waals surface area contributed by atoms with Gasteiger partial charge in [-0.05, 0) is 30.3 Å². The second-order valence-corrected chi connectivity index (χ2v) is 7.65. The first-order chi connectivity index (χ1) is 17.6. The standard InChI is InChI=1S/C26H22N4O6/c1-32-17-9-7-8-16(14-17)30-26(31)19-11-6-5-10-18(19)22(28-30)25-27-24(29-36-25)15-12-20(33-2)23(35-4)21(13-15)34-3/h5-14H,1-4H3. The van der Waals surface area contributed by atoms with Crippen LogP contribution in [0, 0.1) is 0 Å². The van der Waals surface area contributed by atoms with Gasteiger partial charge in [0.2, 0.25) is 11.6 Å². The molecule has 10 heteroatoms. The molecule has 5 rings (SSSR count). The van der Waals surface area contributed by atoms with Crippen molar-refractivity contribution in [3.8, 4) is 51.7 Å². The first-order valence-corrected chi connectivity index (χ1v) is 10.9. The van der Waals surface area contributed by atoms with E-state index < -0.39 is 0 Å². The predicted molar refractivity (Wildman–Crippen MR) is 132 cm³/mol. The van der Waals surface area contributed by atoms with Crippen molar-refractivity contribution >= 4 is 10.8 Å².